The van der Waals surface area contributed by atoms with Gasteiger partial charge in [0.15, 0.2) is 0 Å². The molecule has 0 radical (unpaired) electrons. The lowest BCUT2D eigenvalue weighted by molar-refractivity contribution is 0.0825. The van der Waals surface area contributed by atoms with Crippen molar-refractivity contribution in [3.05, 3.63) is 35.9 Å². The third-order valence-corrected chi connectivity index (χ3v) is 7.11. The number of unbranched alkanes of at least 4 members (excludes halogenated alkanes) is 11. The van der Waals surface area contributed by atoms with Crippen LogP contribution in [0.15, 0.2) is 30.3 Å². The van der Waals surface area contributed by atoms with E-state index in [9.17, 15) is 10.4 Å². The molecule has 0 bridgehead atoms. The zero-order valence-electron chi connectivity index (χ0n) is 20.0. The van der Waals surface area contributed by atoms with Crippen molar-refractivity contribution in [1.29, 1.82) is 5.26 Å². The number of piperidine rings is 1. The smallest absolute Gasteiger partial charge is 0.0846 e. The van der Waals surface area contributed by atoms with Crippen molar-refractivity contribution in [3.63, 3.8) is 0 Å². The maximum Gasteiger partial charge on any atom is 0.0846 e. The zero-order valence-corrected chi connectivity index (χ0v) is 20.0. The van der Waals surface area contributed by atoms with Crippen molar-refractivity contribution in [2.45, 2.75) is 115 Å². The molecule has 0 amide bonds. The van der Waals surface area contributed by atoms with E-state index in [2.05, 4.69) is 30.0 Å². The Balaban J connectivity index is 1.48. The number of hydrogen-bond donors (Lipinski definition) is 1. The number of aliphatic hydroxyl groups is 1. The lowest BCUT2D eigenvalue weighted by Gasteiger charge is -2.38. The van der Waals surface area contributed by atoms with Crippen LogP contribution in [0.1, 0.15) is 109 Å². The first-order valence-corrected chi connectivity index (χ1v) is 13.1. The average molecular weight is 427 g/mol. The first-order chi connectivity index (χ1) is 15.2. The molecule has 1 aliphatic rings. The van der Waals surface area contributed by atoms with Crippen molar-refractivity contribution in [3.8, 4) is 6.07 Å². The Bertz CT molecular complexity index is 601. The van der Waals surface area contributed by atoms with E-state index in [-0.39, 0.29) is 11.5 Å². The van der Waals surface area contributed by atoms with E-state index in [1.165, 1.54) is 70.6 Å². The summed E-state index contributed by atoms with van der Waals surface area (Å²) in [5, 5.41) is 20.3. The fourth-order valence-corrected chi connectivity index (χ4v) is 4.95. The van der Waals surface area contributed by atoms with Gasteiger partial charge in [-0.05, 0) is 24.8 Å². The summed E-state index contributed by atoms with van der Waals surface area (Å²) in [4.78, 5) is 2.35. The molecular formula is C28H46N2O. The molecule has 1 atom stereocenters. The predicted molar refractivity (Wildman–Crippen MR) is 131 cm³/mol. The van der Waals surface area contributed by atoms with E-state index in [0.29, 0.717) is 0 Å². The second-order valence-electron chi connectivity index (χ2n) is 9.69. The molecule has 1 aromatic rings. The van der Waals surface area contributed by atoms with Gasteiger partial charge >= 0.3 is 0 Å². The summed E-state index contributed by atoms with van der Waals surface area (Å²) in [5.74, 6) is 0. The van der Waals surface area contributed by atoms with Crippen LogP contribution in [0, 0.1) is 11.3 Å². The molecule has 3 heteroatoms. The molecule has 1 aromatic carbocycles. The quantitative estimate of drug-likeness (QED) is 0.290. The minimum Gasteiger partial charge on any atom is -0.392 e. The van der Waals surface area contributed by atoms with Crippen LogP contribution in [0.2, 0.25) is 0 Å². The molecule has 1 N–H and O–H groups in total. The molecule has 2 rings (SSSR count). The van der Waals surface area contributed by atoms with Gasteiger partial charge in [-0.15, -0.1) is 0 Å². The average Bonchev–Trinajstić information content (AvgIpc) is 2.81. The van der Waals surface area contributed by atoms with Crippen LogP contribution < -0.4 is 0 Å². The Morgan fingerprint density at radius 2 is 1.39 bits per heavy atom. The molecule has 1 aliphatic heterocycles. The van der Waals surface area contributed by atoms with Crippen molar-refractivity contribution in [2.75, 3.05) is 19.6 Å². The van der Waals surface area contributed by atoms with Crippen molar-refractivity contribution < 1.29 is 5.11 Å². The van der Waals surface area contributed by atoms with Crippen molar-refractivity contribution in [1.82, 2.24) is 4.90 Å². The van der Waals surface area contributed by atoms with Gasteiger partial charge in [-0.1, -0.05) is 114 Å². The lowest BCUT2D eigenvalue weighted by atomic mass is 9.74. The van der Waals surface area contributed by atoms with Gasteiger partial charge in [0.25, 0.3) is 0 Å². The summed E-state index contributed by atoms with van der Waals surface area (Å²) in [7, 11) is 0. The Hall–Kier alpha value is -1.37. The highest BCUT2D eigenvalue weighted by molar-refractivity contribution is 5.33. The number of aliphatic hydroxyl groups excluding tert-OH is 1. The van der Waals surface area contributed by atoms with Gasteiger partial charge in [0.05, 0.1) is 17.6 Å². The molecule has 0 spiro atoms. The van der Waals surface area contributed by atoms with Crippen LogP contribution in [0.3, 0.4) is 0 Å². The zero-order chi connectivity index (χ0) is 22.2. The number of benzene rings is 1. The molecule has 0 aliphatic carbocycles. The fourth-order valence-electron chi connectivity index (χ4n) is 4.95. The molecule has 1 unspecified atom stereocenters. The molecule has 1 heterocycles. The second kappa shape index (κ2) is 15.4. The number of likely N-dealkylation sites (tertiary alicyclic amines) is 1. The van der Waals surface area contributed by atoms with Gasteiger partial charge in [0.1, 0.15) is 0 Å². The highest BCUT2D eigenvalue weighted by atomic mass is 16.3. The monoisotopic (exact) mass is 426 g/mol. The van der Waals surface area contributed by atoms with Gasteiger partial charge < -0.3 is 10.0 Å². The number of hydrogen-bond acceptors (Lipinski definition) is 3. The van der Waals surface area contributed by atoms with Gasteiger partial charge in [0, 0.05) is 19.6 Å². The predicted octanol–water partition coefficient (Wildman–Crippen LogP) is 7.00. The van der Waals surface area contributed by atoms with E-state index in [1.54, 1.807) is 0 Å². The highest BCUT2D eigenvalue weighted by Gasteiger charge is 2.36. The molecule has 0 aromatic heterocycles. The summed E-state index contributed by atoms with van der Waals surface area (Å²) in [5.41, 5.74) is 0.798. The Morgan fingerprint density at radius 1 is 0.871 bits per heavy atom. The lowest BCUT2D eigenvalue weighted by Crippen LogP contribution is -2.44. The number of nitrogens with zero attached hydrogens (tertiary/aromatic N) is 2. The minimum absolute atomic E-state index is 0.227. The van der Waals surface area contributed by atoms with Crippen LogP contribution in [0.5, 0.6) is 0 Å². The van der Waals surface area contributed by atoms with Crippen LogP contribution >= 0.6 is 0 Å². The van der Waals surface area contributed by atoms with Gasteiger partial charge in [-0.2, -0.15) is 5.26 Å². The molecule has 174 valence electrons. The van der Waals surface area contributed by atoms with E-state index in [0.717, 1.165) is 50.9 Å². The highest BCUT2D eigenvalue weighted by Crippen LogP contribution is 2.34. The van der Waals surface area contributed by atoms with E-state index >= 15 is 0 Å². The summed E-state index contributed by atoms with van der Waals surface area (Å²) < 4.78 is 0. The fraction of sp³-hybridized carbons (Fsp3) is 0.750. The standard InChI is InChI=1S/C28H46N2O/c1-2-3-4-5-6-7-8-9-10-11-12-16-19-27(31)24-30-22-20-28(25-29,21-23-30)26-17-14-13-15-18-26/h13-15,17-18,27,31H,2-12,16,19-24H2,1H3. The first-order valence-electron chi connectivity index (χ1n) is 13.1. The molecule has 0 saturated carbocycles. The maximum absolute atomic E-state index is 10.5. The summed E-state index contributed by atoms with van der Waals surface area (Å²) in [6.07, 6.45) is 18.7. The second-order valence-corrected chi connectivity index (χ2v) is 9.69. The Labute approximate surface area is 191 Å². The molecule has 31 heavy (non-hydrogen) atoms. The van der Waals surface area contributed by atoms with E-state index in [4.69, 9.17) is 0 Å². The van der Waals surface area contributed by atoms with E-state index in [1.807, 2.05) is 18.2 Å². The van der Waals surface area contributed by atoms with E-state index < -0.39 is 0 Å². The van der Waals surface area contributed by atoms with Gasteiger partial charge in [0.2, 0.25) is 0 Å². The third kappa shape index (κ3) is 9.75. The maximum atomic E-state index is 10.5. The number of nitriles is 1. The molecule has 1 saturated heterocycles. The number of β-amino-alcohol motifs (C(OH)–C–C–N with tert-alkyl or cyclic N) is 1. The van der Waals surface area contributed by atoms with Crippen LogP contribution in [-0.2, 0) is 5.41 Å². The van der Waals surface area contributed by atoms with Crippen LogP contribution in [0.4, 0.5) is 0 Å². The van der Waals surface area contributed by atoms with Crippen molar-refractivity contribution >= 4 is 0 Å². The summed E-state index contributed by atoms with van der Waals surface area (Å²) in [6.45, 7) is 4.84. The number of rotatable bonds is 16. The minimum atomic E-state index is -0.349. The normalized spacial score (nSPS) is 17.3. The summed E-state index contributed by atoms with van der Waals surface area (Å²) in [6, 6.07) is 12.8. The Kier molecular flexibility index (Phi) is 12.9. The molecule has 1 fully saturated rings. The largest absolute Gasteiger partial charge is 0.392 e. The van der Waals surface area contributed by atoms with Gasteiger partial charge in [-0.3, -0.25) is 0 Å². The van der Waals surface area contributed by atoms with Gasteiger partial charge in [-0.25, -0.2) is 0 Å². The molecular weight excluding hydrogens is 380 g/mol. The first kappa shape index (κ1) is 25.9. The van der Waals surface area contributed by atoms with Crippen molar-refractivity contribution in [2.24, 2.45) is 0 Å². The van der Waals surface area contributed by atoms with Crippen LogP contribution in [-0.4, -0.2) is 35.7 Å². The Morgan fingerprint density at radius 3 is 1.90 bits per heavy atom. The van der Waals surface area contributed by atoms with Crippen LogP contribution in [0.25, 0.3) is 0 Å². The SMILES string of the molecule is CCCCCCCCCCCCCCC(O)CN1CCC(C#N)(c2ccccc2)CC1. The molecule has 3 nitrogen and oxygen atoms in total. The topological polar surface area (TPSA) is 47.3 Å². The third-order valence-electron chi connectivity index (χ3n) is 7.11. The summed E-state index contributed by atoms with van der Waals surface area (Å²) >= 11 is 0.